The molecule has 9 heteroatoms. The lowest BCUT2D eigenvalue weighted by Crippen LogP contribution is -2.35. The van der Waals surface area contributed by atoms with Gasteiger partial charge >= 0.3 is 0 Å². The SMILES string of the molecule is COc1c2c(cc3c1[C@@H](c1nnnn1-c1ccccc1F)N(C)CC3)OCO2. The van der Waals surface area contributed by atoms with Crippen LogP contribution in [-0.4, -0.2) is 52.6 Å². The van der Waals surface area contributed by atoms with E-state index in [2.05, 4.69) is 20.4 Å². The number of halogens is 1. The number of aromatic nitrogens is 4. The summed E-state index contributed by atoms with van der Waals surface area (Å²) < 4.78 is 32.8. The van der Waals surface area contributed by atoms with Crippen LogP contribution in [0.5, 0.6) is 17.2 Å². The lowest BCUT2D eigenvalue weighted by Gasteiger charge is -2.34. The number of ether oxygens (including phenoxy) is 3. The van der Waals surface area contributed by atoms with Gasteiger partial charge in [-0.05, 0) is 47.7 Å². The fourth-order valence-electron chi connectivity index (χ4n) is 3.92. The molecule has 5 rings (SSSR count). The minimum atomic E-state index is -0.396. The highest BCUT2D eigenvalue weighted by molar-refractivity contribution is 5.62. The molecule has 2 aromatic carbocycles. The topological polar surface area (TPSA) is 74.5 Å². The normalized spacial score (nSPS) is 18.2. The molecule has 2 aliphatic rings. The second kappa shape index (κ2) is 6.45. The number of tetrazole rings is 1. The molecule has 8 nitrogen and oxygen atoms in total. The highest BCUT2D eigenvalue weighted by Crippen LogP contribution is 2.50. The van der Waals surface area contributed by atoms with Gasteiger partial charge in [0.05, 0.1) is 7.11 Å². The fraction of sp³-hybridized carbons (Fsp3) is 0.316. The molecule has 2 aliphatic heterocycles. The maximum absolute atomic E-state index is 14.4. The number of methoxy groups -OCH3 is 1. The Morgan fingerprint density at radius 3 is 2.93 bits per heavy atom. The van der Waals surface area contributed by atoms with Crippen LogP contribution >= 0.6 is 0 Å². The molecule has 0 fully saturated rings. The number of likely N-dealkylation sites (N-methyl/N-ethyl adjacent to an activating group) is 1. The van der Waals surface area contributed by atoms with E-state index in [1.165, 1.54) is 10.7 Å². The molecule has 0 amide bonds. The standard InChI is InChI=1S/C19H18FN5O3/c1-24-8-7-11-9-14-17(28-10-27-14)18(26-2)15(11)16(24)19-21-22-23-25(19)13-6-4-3-5-12(13)20/h3-6,9,16H,7-8,10H2,1-2H3/t16-/m0/s1. The van der Waals surface area contributed by atoms with Gasteiger partial charge in [-0.1, -0.05) is 12.1 Å². The number of hydrogen-bond donors (Lipinski definition) is 0. The quantitative estimate of drug-likeness (QED) is 0.686. The van der Waals surface area contributed by atoms with Crippen LogP contribution < -0.4 is 14.2 Å². The molecule has 0 aliphatic carbocycles. The monoisotopic (exact) mass is 383 g/mol. The summed E-state index contributed by atoms with van der Waals surface area (Å²) >= 11 is 0. The third kappa shape index (κ3) is 2.43. The average Bonchev–Trinajstić information content (AvgIpc) is 3.36. The van der Waals surface area contributed by atoms with Gasteiger partial charge in [0.15, 0.2) is 17.3 Å². The molecule has 0 unspecified atom stereocenters. The van der Waals surface area contributed by atoms with Crippen LogP contribution in [0.15, 0.2) is 30.3 Å². The second-order valence-corrected chi connectivity index (χ2v) is 6.75. The smallest absolute Gasteiger partial charge is 0.231 e. The number of rotatable bonds is 3. The Kier molecular flexibility index (Phi) is 3.90. The van der Waals surface area contributed by atoms with E-state index in [1.807, 2.05) is 13.1 Å². The summed E-state index contributed by atoms with van der Waals surface area (Å²) in [7, 11) is 3.58. The molecular formula is C19H18FN5O3. The van der Waals surface area contributed by atoms with E-state index in [1.54, 1.807) is 25.3 Å². The molecule has 0 saturated carbocycles. The first-order valence-corrected chi connectivity index (χ1v) is 8.92. The third-order valence-corrected chi connectivity index (χ3v) is 5.21. The molecule has 144 valence electrons. The molecular weight excluding hydrogens is 365 g/mol. The molecule has 0 spiro atoms. The van der Waals surface area contributed by atoms with Gasteiger partial charge < -0.3 is 14.2 Å². The summed E-state index contributed by atoms with van der Waals surface area (Å²) in [5.41, 5.74) is 2.28. The van der Waals surface area contributed by atoms with E-state index in [4.69, 9.17) is 14.2 Å². The van der Waals surface area contributed by atoms with Crippen LogP contribution in [0.25, 0.3) is 5.69 Å². The van der Waals surface area contributed by atoms with Gasteiger partial charge in [0, 0.05) is 12.1 Å². The Bertz CT molecular complexity index is 1050. The zero-order valence-corrected chi connectivity index (χ0v) is 15.4. The molecule has 0 bridgehead atoms. The van der Waals surface area contributed by atoms with Crippen molar-refractivity contribution in [2.45, 2.75) is 12.5 Å². The highest BCUT2D eigenvalue weighted by atomic mass is 19.1. The van der Waals surface area contributed by atoms with Gasteiger partial charge in [0.1, 0.15) is 17.5 Å². The maximum atomic E-state index is 14.4. The predicted octanol–water partition coefficient (Wildman–Crippen LogP) is 2.12. The van der Waals surface area contributed by atoms with Crippen molar-refractivity contribution >= 4 is 0 Å². The average molecular weight is 383 g/mol. The number of para-hydroxylation sites is 1. The molecule has 1 aromatic heterocycles. The molecule has 0 saturated heterocycles. The zero-order chi connectivity index (χ0) is 19.3. The Labute approximate surface area is 160 Å². The summed E-state index contributed by atoms with van der Waals surface area (Å²) in [5.74, 6) is 1.96. The van der Waals surface area contributed by atoms with Crippen molar-refractivity contribution in [2.75, 3.05) is 27.5 Å². The van der Waals surface area contributed by atoms with Crippen LogP contribution in [0.4, 0.5) is 4.39 Å². The van der Waals surface area contributed by atoms with Crippen molar-refractivity contribution in [1.82, 2.24) is 25.1 Å². The van der Waals surface area contributed by atoms with Crippen LogP contribution in [0, 0.1) is 5.82 Å². The van der Waals surface area contributed by atoms with Gasteiger partial charge in [0.25, 0.3) is 0 Å². The van der Waals surface area contributed by atoms with Crippen molar-refractivity contribution in [3.05, 3.63) is 53.1 Å². The van der Waals surface area contributed by atoms with Crippen LogP contribution in [-0.2, 0) is 6.42 Å². The zero-order valence-electron chi connectivity index (χ0n) is 15.4. The molecule has 3 aromatic rings. The lowest BCUT2D eigenvalue weighted by atomic mass is 9.90. The van der Waals surface area contributed by atoms with E-state index >= 15 is 0 Å². The van der Waals surface area contributed by atoms with Crippen molar-refractivity contribution < 1.29 is 18.6 Å². The largest absolute Gasteiger partial charge is 0.492 e. The first-order chi connectivity index (χ1) is 13.7. The summed E-state index contributed by atoms with van der Waals surface area (Å²) in [4.78, 5) is 2.12. The van der Waals surface area contributed by atoms with Gasteiger partial charge in [-0.25, -0.2) is 4.39 Å². The third-order valence-electron chi connectivity index (χ3n) is 5.21. The van der Waals surface area contributed by atoms with Gasteiger partial charge in [-0.3, -0.25) is 4.90 Å². The fourth-order valence-corrected chi connectivity index (χ4v) is 3.92. The molecule has 1 atom stereocenters. The maximum Gasteiger partial charge on any atom is 0.231 e. The number of fused-ring (bicyclic) bond motifs is 2. The Morgan fingerprint density at radius 1 is 1.25 bits per heavy atom. The summed E-state index contributed by atoms with van der Waals surface area (Å²) in [6, 6.07) is 8.07. The van der Waals surface area contributed by atoms with Gasteiger partial charge in [-0.15, -0.1) is 5.10 Å². The molecule has 28 heavy (non-hydrogen) atoms. The Balaban J connectivity index is 1.72. The van der Waals surface area contributed by atoms with Crippen molar-refractivity contribution in [2.24, 2.45) is 0 Å². The molecule has 0 N–H and O–H groups in total. The predicted molar refractivity (Wildman–Crippen MR) is 96.4 cm³/mol. The van der Waals surface area contributed by atoms with Crippen molar-refractivity contribution in [1.29, 1.82) is 0 Å². The van der Waals surface area contributed by atoms with E-state index in [-0.39, 0.29) is 12.8 Å². The number of benzene rings is 2. The van der Waals surface area contributed by atoms with Crippen LogP contribution in [0.3, 0.4) is 0 Å². The summed E-state index contributed by atoms with van der Waals surface area (Å²) in [6.45, 7) is 0.937. The lowest BCUT2D eigenvalue weighted by molar-refractivity contribution is 0.170. The van der Waals surface area contributed by atoms with E-state index < -0.39 is 5.82 Å². The van der Waals surface area contributed by atoms with Gasteiger partial charge in [-0.2, -0.15) is 4.68 Å². The van der Waals surface area contributed by atoms with E-state index in [9.17, 15) is 4.39 Å². The second-order valence-electron chi connectivity index (χ2n) is 6.75. The first-order valence-electron chi connectivity index (χ1n) is 8.92. The van der Waals surface area contributed by atoms with Crippen LogP contribution in [0.2, 0.25) is 0 Å². The highest BCUT2D eigenvalue weighted by Gasteiger charge is 2.37. The molecule has 3 heterocycles. The van der Waals surface area contributed by atoms with Crippen molar-refractivity contribution in [3.8, 4) is 22.9 Å². The van der Waals surface area contributed by atoms with Crippen molar-refractivity contribution in [3.63, 3.8) is 0 Å². The van der Waals surface area contributed by atoms with E-state index in [0.29, 0.717) is 28.8 Å². The van der Waals surface area contributed by atoms with E-state index in [0.717, 1.165) is 24.1 Å². The minimum Gasteiger partial charge on any atom is -0.492 e. The first kappa shape index (κ1) is 16.9. The number of nitrogens with zero attached hydrogens (tertiary/aromatic N) is 5. The Hall–Kier alpha value is -3.20. The minimum absolute atomic E-state index is 0.155. The summed E-state index contributed by atoms with van der Waals surface area (Å²) in [6.07, 6.45) is 0.816. The van der Waals surface area contributed by atoms with Crippen LogP contribution in [0.1, 0.15) is 23.0 Å². The van der Waals surface area contributed by atoms with Gasteiger partial charge in [0.2, 0.25) is 12.5 Å². The Morgan fingerprint density at radius 2 is 2.11 bits per heavy atom. The summed E-state index contributed by atoms with van der Waals surface area (Å²) in [5, 5.41) is 12.1. The number of hydrogen-bond acceptors (Lipinski definition) is 7. The molecule has 0 radical (unpaired) electrons.